The van der Waals surface area contributed by atoms with Crippen LogP contribution in [0, 0.1) is 10.1 Å². The Hall–Kier alpha value is -1.74. The molecule has 2 rings (SSSR count). The minimum absolute atomic E-state index is 0.100. The molecule has 1 aliphatic rings. The molecule has 1 aromatic carbocycles. The van der Waals surface area contributed by atoms with Crippen LogP contribution in [0.2, 0.25) is 0 Å². The van der Waals surface area contributed by atoms with Gasteiger partial charge in [0, 0.05) is 17.8 Å². The second-order valence-corrected chi connectivity index (χ2v) is 4.21. The van der Waals surface area contributed by atoms with Crippen molar-refractivity contribution in [3.05, 3.63) is 34.4 Å². The van der Waals surface area contributed by atoms with Gasteiger partial charge in [-0.2, -0.15) is 0 Å². The van der Waals surface area contributed by atoms with Crippen molar-refractivity contribution in [3.8, 4) is 0 Å². The van der Waals surface area contributed by atoms with Gasteiger partial charge in [-0.15, -0.1) is 0 Å². The van der Waals surface area contributed by atoms with E-state index in [2.05, 4.69) is 5.32 Å². The fourth-order valence-electron chi connectivity index (χ4n) is 1.89. The largest absolute Gasteiger partial charge is 0.394 e. The zero-order chi connectivity index (χ0) is 14.0. The van der Waals surface area contributed by atoms with Gasteiger partial charge in [0.2, 0.25) is 0 Å². The Kier molecular flexibility index (Phi) is 3.96. The number of benzene rings is 1. The van der Waals surface area contributed by atoms with E-state index < -0.39 is 36.1 Å². The number of ether oxygens (including phenoxy) is 1. The number of non-ortho nitro benzene ring substituents is 1. The quantitative estimate of drug-likeness (QED) is 0.427. The number of aliphatic hydroxyl groups excluding tert-OH is 3. The van der Waals surface area contributed by atoms with Crippen molar-refractivity contribution in [1.82, 2.24) is 0 Å². The Morgan fingerprint density at radius 1 is 1.37 bits per heavy atom. The molecular weight excluding hydrogens is 256 g/mol. The van der Waals surface area contributed by atoms with Gasteiger partial charge < -0.3 is 25.4 Å². The lowest BCUT2D eigenvalue weighted by Gasteiger charge is -2.17. The Morgan fingerprint density at radius 3 is 2.68 bits per heavy atom. The molecule has 19 heavy (non-hydrogen) atoms. The maximum absolute atomic E-state index is 10.6. The first-order chi connectivity index (χ1) is 9.02. The number of anilines is 1. The standard InChI is InChI=1S/C11H14N2O6/c14-5-8-9(15)10(16)11(19-8)12-6-2-1-3-7(4-6)13(17)18/h1-4,8-12,14-16H,5H2/t8-,9-,10-,11-/m1/s1. The van der Waals surface area contributed by atoms with E-state index in [4.69, 9.17) is 9.84 Å². The second kappa shape index (κ2) is 5.49. The Morgan fingerprint density at radius 2 is 2.11 bits per heavy atom. The predicted molar refractivity (Wildman–Crippen MR) is 64.5 cm³/mol. The molecular formula is C11H14N2O6. The molecule has 1 aromatic rings. The molecule has 8 nitrogen and oxygen atoms in total. The lowest BCUT2D eigenvalue weighted by molar-refractivity contribution is -0.384. The summed E-state index contributed by atoms with van der Waals surface area (Å²) in [6.07, 6.45) is -4.25. The molecule has 0 bridgehead atoms. The highest BCUT2D eigenvalue weighted by molar-refractivity contribution is 5.51. The molecule has 4 N–H and O–H groups in total. The van der Waals surface area contributed by atoms with E-state index in [1.807, 2.05) is 0 Å². The Labute approximate surface area is 108 Å². The van der Waals surface area contributed by atoms with E-state index in [0.29, 0.717) is 5.69 Å². The summed E-state index contributed by atoms with van der Waals surface area (Å²) in [6, 6.07) is 5.68. The van der Waals surface area contributed by atoms with Crippen molar-refractivity contribution >= 4 is 11.4 Å². The van der Waals surface area contributed by atoms with Crippen LogP contribution in [0.1, 0.15) is 0 Å². The van der Waals surface area contributed by atoms with Crippen molar-refractivity contribution in [2.45, 2.75) is 24.5 Å². The van der Waals surface area contributed by atoms with E-state index in [-0.39, 0.29) is 5.69 Å². The van der Waals surface area contributed by atoms with Crippen LogP contribution in [-0.4, -0.2) is 51.4 Å². The van der Waals surface area contributed by atoms with Crippen molar-refractivity contribution in [1.29, 1.82) is 0 Å². The maximum atomic E-state index is 10.6. The molecule has 4 atom stereocenters. The molecule has 1 fully saturated rings. The summed E-state index contributed by atoms with van der Waals surface area (Å²) in [7, 11) is 0. The zero-order valence-electron chi connectivity index (χ0n) is 9.84. The predicted octanol–water partition coefficient (Wildman–Crippen LogP) is -0.554. The lowest BCUT2D eigenvalue weighted by Crippen LogP contribution is -2.36. The van der Waals surface area contributed by atoms with Crippen LogP contribution in [-0.2, 0) is 4.74 Å². The van der Waals surface area contributed by atoms with Gasteiger partial charge in [0.1, 0.15) is 18.3 Å². The number of rotatable bonds is 4. The molecule has 0 amide bonds. The van der Waals surface area contributed by atoms with Crippen LogP contribution in [0.15, 0.2) is 24.3 Å². The number of nitrogens with zero attached hydrogens (tertiary/aromatic N) is 1. The highest BCUT2D eigenvalue weighted by Crippen LogP contribution is 2.24. The normalized spacial score (nSPS) is 30.3. The average molecular weight is 270 g/mol. The SMILES string of the molecule is O=[N+]([O-])c1cccc(N[C@@H]2O[C@H](CO)[C@@H](O)[C@H]2O)c1. The van der Waals surface area contributed by atoms with Crippen molar-refractivity contribution in [2.75, 3.05) is 11.9 Å². The number of hydrogen-bond acceptors (Lipinski definition) is 7. The van der Waals surface area contributed by atoms with Gasteiger partial charge in [-0.05, 0) is 6.07 Å². The third-order valence-electron chi connectivity index (χ3n) is 2.91. The average Bonchev–Trinajstić information content (AvgIpc) is 2.67. The minimum atomic E-state index is -1.23. The third kappa shape index (κ3) is 2.82. The molecule has 1 saturated heterocycles. The maximum Gasteiger partial charge on any atom is 0.271 e. The van der Waals surface area contributed by atoms with E-state index in [1.165, 1.54) is 18.2 Å². The molecule has 0 spiro atoms. The first-order valence-corrected chi connectivity index (χ1v) is 5.66. The Balaban J connectivity index is 2.09. The summed E-state index contributed by atoms with van der Waals surface area (Å²) in [4.78, 5) is 10.1. The van der Waals surface area contributed by atoms with Crippen LogP contribution in [0.4, 0.5) is 11.4 Å². The molecule has 0 radical (unpaired) electrons. The summed E-state index contributed by atoms with van der Waals surface area (Å²) >= 11 is 0. The number of nitro groups is 1. The molecule has 0 aliphatic carbocycles. The van der Waals surface area contributed by atoms with E-state index in [1.54, 1.807) is 6.07 Å². The van der Waals surface area contributed by atoms with Gasteiger partial charge in [0.05, 0.1) is 11.5 Å². The van der Waals surface area contributed by atoms with Gasteiger partial charge in [0.25, 0.3) is 5.69 Å². The van der Waals surface area contributed by atoms with Gasteiger partial charge in [-0.3, -0.25) is 10.1 Å². The number of nitrogens with one attached hydrogen (secondary N) is 1. The van der Waals surface area contributed by atoms with Gasteiger partial charge >= 0.3 is 0 Å². The first kappa shape index (κ1) is 13.7. The van der Waals surface area contributed by atoms with Crippen molar-refractivity contribution in [2.24, 2.45) is 0 Å². The fourth-order valence-corrected chi connectivity index (χ4v) is 1.89. The van der Waals surface area contributed by atoms with Crippen LogP contribution in [0.5, 0.6) is 0 Å². The molecule has 1 aliphatic heterocycles. The third-order valence-corrected chi connectivity index (χ3v) is 2.91. The molecule has 104 valence electrons. The highest BCUT2D eigenvalue weighted by Gasteiger charge is 2.42. The summed E-state index contributed by atoms with van der Waals surface area (Å²) in [5.74, 6) is 0. The second-order valence-electron chi connectivity index (χ2n) is 4.21. The highest BCUT2D eigenvalue weighted by atomic mass is 16.6. The monoisotopic (exact) mass is 270 g/mol. The molecule has 0 saturated carbocycles. The molecule has 8 heteroatoms. The molecule has 1 heterocycles. The topological polar surface area (TPSA) is 125 Å². The van der Waals surface area contributed by atoms with Crippen LogP contribution < -0.4 is 5.32 Å². The van der Waals surface area contributed by atoms with Crippen molar-refractivity contribution < 1.29 is 25.0 Å². The van der Waals surface area contributed by atoms with Gasteiger partial charge in [0.15, 0.2) is 6.23 Å². The Bertz CT molecular complexity index is 468. The molecule has 0 unspecified atom stereocenters. The van der Waals surface area contributed by atoms with Crippen LogP contribution >= 0.6 is 0 Å². The fraction of sp³-hybridized carbons (Fsp3) is 0.455. The van der Waals surface area contributed by atoms with Crippen molar-refractivity contribution in [3.63, 3.8) is 0 Å². The number of nitro benzene ring substituents is 1. The first-order valence-electron chi connectivity index (χ1n) is 5.66. The lowest BCUT2D eigenvalue weighted by atomic mass is 10.1. The van der Waals surface area contributed by atoms with E-state index >= 15 is 0 Å². The van der Waals surface area contributed by atoms with Crippen LogP contribution in [0.25, 0.3) is 0 Å². The van der Waals surface area contributed by atoms with E-state index in [9.17, 15) is 20.3 Å². The summed E-state index contributed by atoms with van der Waals surface area (Å²) in [5, 5.41) is 41.6. The minimum Gasteiger partial charge on any atom is -0.394 e. The smallest absolute Gasteiger partial charge is 0.271 e. The number of hydrogen-bond donors (Lipinski definition) is 4. The summed E-state index contributed by atoms with van der Waals surface area (Å²) in [6.45, 7) is -0.425. The van der Waals surface area contributed by atoms with Gasteiger partial charge in [-0.1, -0.05) is 6.07 Å². The van der Waals surface area contributed by atoms with Crippen LogP contribution in [0.3, 0.4) is 0 Å². The molecule has 0 aromatic heterocycles. The zero-order valence-corrected chi connectivity index (χ0v) is 9.84. The number of aliphatic hydroxyl groups is 3. The summed E-state index contributed by atoms with van der Waals surface area (Å²) in [5.41, 5.74) is 0.279. The van der Waals surface area contributed by atoms with Gasteiger partial charge in [-0.25, -0.2) is 0 Å². The van der Waals surface area contributed by atoms with E-state index in [0.717, 1.165) is 0 Å². The summed E-state index contributed by atoms with van der Waals surface area (Å²) < 4.78 is 5.21.